The molecule has 6 heteroatoms. The molecule has 0 amide bonds. The highest BCUT2D eigenvalue weighted by Crippen LogP contribution is 2.32. The molecular weight excluding hydrogens is 274 g/mol. The Kier molecular flexibility index (Phi) is 3.89. The number of para-hydroxylation sites is 1. The monoisotopic (exact) mass is 291 g/mol. The van der Waals surface area contributed by atoms with Crippen molar-refractivity contribution in [3.63, 3.8) is 0 Å². The second-order valence-corrected chi connectivity index (χ2v) is 5.30. The smallest absolute Gasteiger partial charge is 0.152 e. The molecule has 1 aromatic carbocycles. The highest BCUT2D eigenvalue weighted by molar-refractivity contribution is 6.33. The van der Waals surface area contributed by atoms with Gasteiger partial charge in [0.1, 0.15) is 6.33 Å². The standard InChI is InChI=1S/C14H18ClN5/c1-2-16-8-11-4-3-5-12(15)14(11)19-6-7-20-10-17-18-13(20)9-19/h3-5,10,16H,2,6-9H2,1H3. The van der Waals surface area contributed by atoms with E-state index >= 15 is 0 Å². The van der Waals surface area contributed by atoms with E-state index in [0.717, 1.165) is 49.3 Å². The van der Waals surface area contributed by atoms with E-state index in [9.17, 15) is 0 Å². The molecule has 1 aromatic heterocycles. The minimum atomic E-state index is 0.753. The van der Waals surface area contributed by atoms with Gasteiger partial charge < -0.3 is 14.8 Å². The number of anilines is 1. The molecule has 0 atom stereocenters. The van der Waals surface area contributed by atoms with Crippen LogP contribution in [0.15, 0.2) is 24.5 Å². The SMILES string of the molecule is CCNCc1cccc(Cl)c1N1CCn2cnnc2C1. The Hall–Kier alpha value is -1.59. The number of nitrogens with one attached hydrogen (secondary N) is 1. The van der Waals surface area contributed by atoms with Gasteiger partial charge in [-0.05, 0) is 18.2 Å². The zero-order valence-electron chi connectivity index (χ0n) is 11.5. The zero-order valence-corrected chi connectivity index (χ0v) is 12.3. The summed E-state index contributed by atoms with van der Waals surface area (Å²) >= 11 is 6.43. The molecule has 0 fully saturated rings. The Morgan fingerprint density at radius 3 is 3.10 bits per heavy atom. The average Bonchev–Trinajstić information content (AvgIpc) is 2.92. The molecule has 1 N–H and O–H groups in total. The van der Waals surface area contributed by atoms with Crippen LogP contribution in [0.4, 0.5) is 5.69 Å². The number of fused-ring (bicyclic) bond motifs is 1. The summed E-state index contributed by atoms with van der Waals surface area (Å²) < 4.78 is 2.09. The first kappa shape index (κ1) is 13.4. The fraction of sp³-hybridized carbons (Fsp3) is 0.429. The molecule has 0 aliphatic carbocycles. The summed E-state index contributed by atoms with van der Waals surface area (Å²) in [4.78, 5) is 2.29. The molecule has 0 radical (unpaired) electrons. The lowest BCUT2D eigenvalue weighted by Gasteiger charge is -2.31. The van der Waals surface area contributed by atoms with Crippen molar-refractivity contribution in [3.05, 3.63) is 40.9 Å². The molecular formula is C14H18ClN5. The number of hydrogen-bond donors (Lipinski definition) is 1. The van der Waals surface area contributed by atoms with Gasteiger partial charge in [0, 0.05) is 19.6 Å². The van der Waals surface area contributed by atoms with Crippen LogP contribution in [0.1, 0.15) is 18.3 Å². The van der Waals surface area contributed by atoms with Crippen LogP contribution in [-0.4, -0.2) is 27.9 Å². The third-order valence-electron chi connectivity index (χ3n) is 3.59. The maximum absolute atomic E-state index is 6.43. The van der Waals surface area contributed by atoms with Crippen LogP contribution in [0.3, 0.4) is 0 Å². The second-order valence-electron chi connectivity index (χ2n) is 4.89. The molecule has 0 unspecified atom stereocenters. The number of rotatable bonds is 4. The van der Waals surface area contributed by atoms with Crippen molar-refractivity contribution in [2.24, 2.45) is 0 Å². The van der Waals surface area contributed by atoms with Crippen LogP contribution in [0, 0.1) is 0 Å². The molecule has 5 nitrogen and oxygen atoms in total. The molecule has 2 heterocycles. The van der Waals surface area contributed by atoms with Gasteiger partial charge in [0.25, 0.3) is 0 Å². The summed E-state index contributed by atoms with van der Waals surface area (Å²) in [5.41, 5.74) is 2.34. The lowest BCUT2D eigenvalue weighted by molar-refractivity contribution is 0.558. The highest BCUT2D eigenvalue weighted by atomic mass is 35.5. The Bertz CT molecular complexity index is 595. The van der Waals surface area contributed by atoms with Crippen LogP contribution in [-0.2, 0) is 19.6 Å². The van der Waals surface area contributed by atoms with Gasteiger partial charge in [0.05, 0.1) is 17.3 Å². The van der Waals surface area contributed by atoms with Gasteiger partial charge in [-0.15, -0.1) is 10.2 Å². The summed E-state index contributed by atoms with van der Waals surface area (Å²) in [7, 11) is 0. The third kappa shape index (κ3) is 2.51. The topological polar surface area (TPSA) is 46.0 Å². The van der Waals surface area contributed by atoms with Gasteiger partial charge in [0.15, 0.2) is 5.82 Å². The maximum Gasteiger partial charge on any atom is 0.152 e. The molecule has 0 spiro atoms. The van der Waals surface area contributed by atoms with Crippen LogP contribution < -0.4 is 10.2 Å². The molecule has 2 aromatic rings. The van der Waals surface area contributed by atoms with Crippen molar-refractivity contribution in [2.75, 3.05) is 18.0 Å². The number of benzene rings is 1. The van der Waals surface area contributed by atoms with Crippen molar-refractivity contribution in [1.82, 2.24) is 20.1 Å². The summed E-state index contributed by atoms with van der Waals surface area (Å²) in [5.74, 6) is 0.991. The van der Waals surface area contributed by atoms with Gasteiger partial charge in [0.2, 0.25) is 0 Å². The number of halogens is 1. The molecule has 1 aliphatic rings. The second kappa shape index (κ2) is 5.81. The third-order valence-corrected chi connectivity index (χ3v) is 3.90. The van der Waals surface area contributed by atoms with Crippen molar-refractivity contribution >= 4 is 17.3 Å². The first-order valence-corrected chi connectivity index (χ1v) is 7.27. The van der Waals surface area contributed by atoms with E-state index in [0.29, 0.717) is 0 Å². The van der Waals surface area contributed by atoms with E-state index in [4.69, 9.17) is 11.6 Å². The van der Waals surface area contributed by atoms with E-state index in [1.807, 2.05) is 12.1 Å². The lowest BCUT2D eigenvalue weighted by atomic mass is 10.1. The van der Waals surface area contributed by atoms with Gasteiger partial charge >= 0.3 is 0 Å². The number of hydrogen-bond acceptors (Lipinski definition) is 4. The predicted octanol–water partition coefficient (Wildman–Crippen LogP) is 2.06. The molecule has 3 rings (SSSR count). The number of aromatic nitrogens is 3. The molecule has 1 aliphatic heterocycles. The van der Waals surface area contributed by atoms with E-state index < -0.39 is 0 Å². The Morgan fingerprint density at radius 2 is 2.25 bits per heavy atom. The zero-order chi connectivity index (χ0) is 13.9. The van der Waals surface area contributed by atoms with Gasteiger partial charge in [-0.1, -0.05) is 30.7 Å². The van der Waals surface area contributed by atoms with Crippen molar-refractivity contribution in [1.29, 1.82) is 0 Å². The maximum atomic E-state index is 6.43. The van der Waals surface area contributed by atoms with Crippen LogP contribution in [0.2, 0.25) is 5.02 Å². The molecule has 0 saturated carbocycles. The minimum Gasteiger partial charge on any atom is -0.361 e. The Morgan fingerprint density at radius 1 is 1.35 bits per heavy atom. The van der Waals surface area contributed by atoms with Gasteiger partial charge in [-0.2, -0.15) is 0 Å². The van der Waals surface area contributed by atoms with Crippen molar-refractivity contribution in [2.45, 2.75) is 26.6 Å². The van der Waals surface area contributed by atoms with Crippen LogP contribution in [0.5, 0.6) is 0 Å². The fourth-order valence-corrected chi connectivity index (χ4v) is 2.89. The fourth-order valence-electron chi connectivity index (χ4n) is 2.57. The first-order valence-electron chi connectivity index (χ1n) is 6.89. The van der Waals surface area contributed by atoms with E-state index in [1.54, 1.807) is 6.33 Å². The Balaban J connectivity index is 1.90. The minimum absolute atomic E-state index is 0.753. The lowest BCUT2D eigenvalue weighted by Crippen LogP contribution is -2.34. The van der Waals surface area contributed by atoms with Crippen molar-refractivity contribution in [3.8, 4) is 0 Å². The van der Waals surface area contributed by atoms with Crippen molar-refractivity contribution < 1.29 is 0 Å². The molecule has 0 saturated heterocycles. The number of nitrogens with zero attached hydrogens (tertiary/aromatic N) is 4. The molecule has 106 valence electrons. The summed E-state index contributed by atoms with van der Waals surface area (Å²) in [5, 5.41) is 12.3. The summed E-state index contributed by atoms with van der Waals surface area (Å²) in [6.07, 6.45) is 1.79. The average molecular weight is 292 g/mol. The van der Waals surface area contributed by atoms with Gasteiger partial charge in [-0.3, -0.25) is 0 Å². The predicted molar refractivity (Wildman–Crippen MR) is 79.9 cm³/mol. The van der Waals surface area contributed by atoms with E-state index in [-0.39, 0.29) is 0 Å². The van der Waals surface area contributed by atoms with Crippen LogP contribution >= 0.6 is 11.6 Å². The summed E-state index contributed by atoms with van der Waals surface area (Å²) in [6.45, 7) is 6.45. The normalized spacial score (nSPS) is 14.4. The summed E-state index contributed by atoms with van der Waals surface area (Å²) in [6, 6.07) is 6.08. The first-order chi connectivity index (χ1) is 9.79. The molecule has 0 bridgehead atoms. The van der Waals surface area contributed by atoms with E-state index in [1.165, 1.54) is 5.56 Å². The van der Waals surface area contributed by atoms with Gasteiger partial charge in [-0.25, -0.2) is 0 Å². The van der Waals surface area contributed by atoms with E-state index in [2.05, 4.69) is 38.0 Å². The quantitative estimate of drug-likeness (QED) is 0.937. The largest absolute Gasteiger partial charge is 0.361 e. The molecule has 20 heavy (non-hydrogen) atoms. The highest BCUT2D eigenvalue weighted by Gasteiger charge is 2.21. The van der Waals surface area contributed by atoms with Crippen LogP contribution in [0.25, 0.3) is 0 Å². The Labute approximate surface area is 123 Å².